The maximum absolute atomic E-state index is 14.4. The van der Waals surface area contributed by atoms with E-state index in [2.05, 4.69) is 25.0 Å². The third kappa shape index (κ3) is 5.83. The molecule has 0 radical (unpaired) electrons. The fraction of sp³-hybridized carbons (Fsp3) is 1.00. The van der Waals surface area contributed by atoms with Crippen molar-refractivity contribution in [2.24, 2.45) is 0 Å². The van der Waals surface area contributed by atoms with Gasteiger partial charge in [-0.25, -0.2) is 17.8 Å². The van der Waals surface area contributed by atoms with Crippen LogP contribution in [0.2, 0.25) is 0 Å². The highest BCUT2D eigenvalue weighted by Crippen LogP contribution is 2.66. The number of aliphatic hydroxyl groups excluding tert-OH is 1. The standard InChI is InChI=1S/C7H16FO12P3S/c1-4-6(2,10)5(9)7(8,18-4)3-17-23(16,24)20-22(14,15)19-21(11,12)13/h4-5,9-10H,3H2,1-2H3,(H,14,15)(H,16,24)(H2,11,12,13)/t4?,5-,6-,7+,23?/m0/s1. The lowest BCUT2D eigenvalue weighted by Gasteiger charge is -2.28. The highest BCUT2D eigenvalue weighted by Gasteiger charge is 2.61. The maximum atomic E-state index is 14.4. The smallest absolute Gasteiger partial charge is 0.385 e. The van der Waals surface area contributed by atoms with Gasteiger partial charge in [0.2, 0.25) is 0 Å². The summed E-state index contributed by atoms with van der Waals surface area (Å²) in [6.07, 6.45) is -3.30. The quantitative estimate of drug-likeness (QED) is 0.284. The summed E-state index contributed by atoms with van der Waals surface area (Å²) < 4.78 is 52.6. The fourth-order valence-corrected chi connectivity index (χ4v) is 5.67. The summed E-state index contributed by atoms with van der Waals surface area (Å²) in [6.45, 7) is -3.75. The molecule has 6 atom stereocenters. The molecule has 24 heavy (non-hydrogen) atoms. The zero-order chi connectivity index (χ0) is 19.2. The van der Waals surface area contributed by atoms with Crippen molar-refractivity contribution < 1.29 is 61.2 Å². The molecule has 0 spiro atoms. The minimum Gasteiger partial charge on any atom is -0.385 e. The Labute approximate surface area is 140 Å². The predicted molar refractivity (Wildman–Crippen MR) is 77.5 cm³/mol. The Morgan fingerprint density at radius 2 is 1.75 bits per heavy atom. The first-order valence-corrected chi connectivity index (χ1v) is 11.6. The Bertz CT molecular complexity index is 622. The van der Waals surface area contributed by atoms with E-state index in [9.17, 15) is 28.6 Å². The van der Waals surface area contributed by atoms with Crippen LogP contribution in [-0.2, 0) is 38.8 Å². The lowest BCUT2D eigenvalue weighted by molar-refractivity contribution is -0.190. The maximum Gasteiger partial charge on any atom is 0.488 e. The Hall–Kier alpha value is 0.640. The van der Waals surface area contributed by atoms with Gasteiger partial charge in [-0.1, -0.05) is 0 Å². The van der Waals surface area contributed by atoms with Crippen molar-refractivity contribution in [2.75, 3.05) is 6.61 Å². The molecule has 1 heterocycles. The third-order valence-electron chi connectivity index (χ3n) is 3.00. The van der Waals surface area contributed by atoms with Gasteiger partial charge >= 0.3 is 22.4 Å². The van der Waals surface area contributed by atoms with Crippen molar-refractivity contribution in [3.8, 4) is 0 Å². The zero-order valence-electron chi connectivity index (χ0n) is 12.1. The van der Waals surface area contributed by atoms with E-state index < -0.39 is 52.6 Å². The van der Waals surface area contributed by atoms with Crippen LogP contribution in [-0.4, -0.2) is 60.1 Å². The molecule has 0 saturated carbocycles. The molecule has 1 saturated heterocycles. The molecule has 1 aliphatic heterocycles. The molecule has 0 aromatic carbocycles. The SMILES string of the molecule is CC1O[C@](F)(COP(O)(=S)OP(=O)(O)OP(=O)(O)O)[C@@H](O)[C@@]1(C)O. The third-order valence-corrected chi connectivity index (χ3v) is 7.70. The van der Waals surface area contributed by atoms with Crippen molar-refractivity contribution in [2.45, 2.75) is 37.5 Å². The van der Waals surface area contributed by atoms with Gasteiger partial charge in [0.1, 0.15) is 18.3 Å². The normalized spacial score (nSPS) is 39.4. The minimum absolute atomic E-state index is 1.07. The van der Waals surface area contributed by atoms with E-state index in [1.807, 2.05) is 0 Å². The summed E-state index contributed by atoms with van der Waals surface area (Å²) in [4.78, 5) is 35.4. The number of alkyl halides is 1. The molecule has 0 amide bonds. The number of rotatable bonds is 7. The van der Waals surface area contributed by atoms with Gasteiger partial charge in [-0.15, -0.1) is 0 Å². The summed E-state index contributed by atoms with van der Waals surface area (Å²) in [5.74, 6) is -3.04. The first kappa shape index (κ1) is 22.7. The highest BCUT2D eigenvalue weighted by atomic mass is 32.5. The molecule has 17 heteroatoms. The molecular weight excluding hydrogens is 420 g/mol. The Morgan fingerprint density at radius 1 is 1.25 bits per heavy atom. The van der Waals surface area contributed by atoms with Gasteiger partial charge in [0.15, 0.2) is 0 Å². The first-order chi connectivity index (χ1) is 10.4. The summed E-state index contributed by atoms with van der Waals surface area (Å²) in [5.41, 5.74) is -2.01. The minimum atomic E-state index is -5.54. The topological polar surface area (TPSA) is 192 Å². The van der Waals surface area contributed by atoms with Gasteiger partial charge in [-0.05, 0) is 25.7 Å². The van der Waals surface area contributed by atoms with Gasteiger partial charge in [-0.2, -0.15) is 4.31 Å². The van der Waals surface area contributed by atoms with Crippen molar-refractivity contribution in [1.82, 2.24) is 0 Å². The molecule has 144 valence electrons. The molecule has 1 aliphatic rings. The van der Waals surface area contributed by atoms with Gasteiger partial charge in [0.25, 0.3) is 5.85 Å². The second kappa shape index (κ2) is 6.99. The molecule has 1 rings (SSSR count). The van der Waals surface area contributed by atoms with E-state index in [1.54, 1.807) is 0 Å². The summed E-state index contributed by atoms with van der Waals surface area (Å²) >= 11 is 4.28. The average Bonchev–Trinajstić information content (AvgIpc) is 2.44. The molecule has 0 aliphatic carbocycles. The number of phosphoric acid groups is 2. The molecule has 12 nitrogen and oxygen atoms in total. The van der Waals surface area contributed by atoms with Crippen LogP contribution in [0.1, 0.15) is 13.8 Å². The largest absolute Gasteiger partial charge is 0.488 e. The van der Waals surface area contributed by atoms with Crippen molar-refractivity contribution in [1.29, 1.82) is 0 Å². The van der Waals surface area contributed by atoms with Crippen LogP contribution in [0.4, 0.5) is 4.39 Å². The molecule has 0 bridgehead atoms. The molecule has 1 fully saturated rings. The molecule has 0 aromatic heterocycles. The average molecular weight is 436 g/mol. The van der Waals surface area contributed by atoms with Crippen LogP contribution in [0, 0.1) is 0 Å². The van der Waals surface area contributed by atoms with E-state index in [0.717, 1.165) is 6.92 Å². The van der Waals surface area contributed by atoms with E-state index in [4.69, 9.17) is 19.4 Å². The predicted octanol–water partition coefficient (Wildman–Crippen LogP) is -0.358. The van der Waals surface area contributed by atoms with Crippen LogP contribution in [0.15, 0.2) is 0 Å². The summed E-state index contributed by atoms with van der Waals surface area (Å²) in [6, 6.07) is 0. The molecular formula is C7H16FO12P3S. The van der Waals surface area contributed by atoms with Crippen LogP contribution in [0.25, 0.3) is 0 Å². The number of halogens is 1. The fourth-order valence-electron chi connectivity index (χ4n) is 1.72. The zero-order valence-corrected chi connectivity index (χ0v) is 15.6. The molecule has 3 unspecified atom stereocenters. The first-order valence-electron chi connectivity index (χ1n) is 5.96. The van der Waals surface area contributed by atoms with Gasteiger partial charge in [-0.3, -0.25) is 0 Å². The number of aliphatic hydroxyl groups is 2. The molecule has 0 aromatic rings. The summed E-state index contributed by atoms with van der Waals surface area (Å²) in [7, 11) is -11.0. The Kier molecular flexibility index (Phi) is 6.60. The monoisotopic (exact) mass is 436 g/mol. The van der Waals surface area contributed by atoms with Crippen LogP contribution in [0.5, 0.6) is 0 Å². The molecule has 6 N–H and O–H groups in total. The number of hydrogen-bond donors (Lipinski definition) is 6. The van der Waals surface area contributed by atoms with Gasteiger partial charge in [0.05, 0.1) is 6.10 Å². The Balaban J connectivity index is 2.78. The van der Waals surface area contributed by atoms with E-state index in [0.29, 0.717) is 0 Å². The lowest BCUT2D eigenvalue weighted by atomic mass is 9.93. The van der Waals surface area contributed by atoms with Crippen molar-refractivity contribution >= 4 is 34.2 Å². The lowest BCUT2D eigenvalue weighted by Crippen LogP contribution is -2.49. The van der Waals surface area contributed by atoms with E-state index in [-0.39, 0.29) is 0 Å². The van der Waals surface area contributed by atoms with Crippen molar-refractivity contribution in [3.63, 3.8) is 0 Å². The van der Waals surface area contributed by atoms with E-state index in [1.165, 1.54) is 6.92 Å². The van der Waals surface area contributed by atoms with Crippen LogP contribution < -0.4 is 0 Å². The highest BCUT2D eigenvalue weighted by molar-refractivity contribution is 8.08. The second-order valence-electron chi connectivity index (χ2n) is 5.04. The summed E-state index contributed by atoms with van der Waals surface area (Å²) in [5, 5.41) is 19.6. The Morgan fingerprint density at radius 3 is 2.12 bits per heavy atom. The number of ether oxygens (including phenoxy) is 1. The number of hydrogen-bond acceptors (Lipinski definition) is 9. The van der Waals surface area contributed by atoms with Crippen LogP contribution >= 0.6 is 22.4 Å². The van der Waals surface area contributed by atoms with Crippen LogP contribution in [0.3, 0.4) is 0 Å². The second-order valence-corrected chi connectivity index (χ2v) is 10.8. The van der Waals surface area contributed by atoms with Gasteiger partial charge < -0.3 is 39.0 Å². The van der Waals surface area contributed by atoms with Gasteiger partial charge in [0, 0.05) is 0 Å². The van der Waals surface area contributed by atoms with Crippen molar-refractivity contribution in [3.05, 3.63) is 0 Å². The van der Waals surface area contributed by atoms with E-state index >= 15 is 0 Å².